The lowest BCUT2D eigenvalue weighted by molar-refractivity contribution is -0.117. The zero-order valence-electron chi connectivity index (χ0n) is 9.28. The minimum absolute atomic E-state index is 0.00152. The topological polar surface area (TPSA) is 59.8 Å². The first-order valence-corrected chi connectivity index (χ1v) is 6.02. The van der Waals surface area contributed by atoms with Crippen LogP contribution in [0.15, 0.2) is 5.16 Å². The van der Waals surface area contributed by atoms with Crippen LogP contribution < -0.4 is 5.43 Å². The quantitative estimate of drug-likeness (QED) is 0.777. The van der Waals surface area contributed by atoms with E-state index in [1.54, 1.807) is 16.4 Å². The zero-order valence-corrected chi connectivity index (χ0v) is 10.1. The first-order chi connectivity index (χ1) is 7.19. The monoisotopic (exact) mass is 228 g/mol. The Morgan fingerprint density at radius 1 is 1.47 bits per heavy atom. The molecule has 5 nitrogen and oxygen atoms in total. The number of thioether (sulfide) groups is 1. The fourth-order valence-electron chi connectivity index (χ4n) is 1.10. The molecular weight excluding hydrogens is 212 g/mol. The second-order valence-electron chi connectivity index (χ2n) is 3.08. The minimum atomic E-state index is -0.00152. The molecule has 1 aromatic rings. The van der Waals surface area contributed by atoms with E-state index in [1.165, 1.54) is 0 Å². The number of aromatic nitrogens is 3. The number of hydrogen-bond donors (Lipinski definition) is 1. The van der Waals surface area contributed by atoms with Gasteiger partial charge in [0.25, 0.3) is 0 Å². The molecule has 0 aromatic carbocycles. The van der Waals surface area contributed by atoms with E-state index < -0.39 is 0 Å². The lowest BCUT2D eigenvalue weighted by Crippen LogP contribution is -2.24. The van der Waals surface area contributed by atoms with E-state index in [9.17, 15) is 4.79 Å². The van der Waals surface area contributed by atoms with Gasteiger partial charge in [-0.15, -0.1) is 10.2 Å². The van der Waals surface area contributed by atoms with Crippen LogP contribution in [0.5, 0.6) is 0 Å². The molecule has 1 aromatic heterocycles. The third-order valence-corrected chi connectivity index (χ3v) is 2.59. The molecule has 0 bridgehead atoms. The number of carbonyl (C=O) groups excluding carboxylic acids is 1. The van der Waals surface area contributed by atoms with Gasteiger partial charge in [0.1, 0.15) is 5.82 Å². The molecule has 0 fully saturated rings. The predicted molar refractivity (Wildman–Crippen MR) is 60.4 cm³/mol. The average molecular weight is 228 g/mol. The highest BCUT2D eigenvalue weighted by Gasteiger charge is 2.10. The highest BCUT2D eigenvalue weighted by Crippen LogP contribution is 2.14. The van der Waals surface area contributed by atoms with E-state index in [0.29, 0.717) is 12.2 Å². The standard InChI is InChI=1S/C9H16N4OS/c1-4-6-8(14)12-13-7(3)10-11-9(13)15-5-2/h4-6H2,1-3H3,(H,12,14). The van der Waals surface area contributed by atoms with Gasteiger partial charge in [0, 0.05) is 6.42 Å². The minimum Gasteiger partial charge on any atom is -0.273 e. The average Bonchev–Trinajstić information content (AvgIpc) is 2.51. The molecule has 0 atom stereocenters. The van der Waals surface area contributed by atoms with Gasteiger partial charge in [-0.2, -0.15) is 0 Å². The van der Waals surface area contributed by atoms with Gasteiger partial charge in [0.15, 0.2) is 0 Å². The van der Waals surface area contributed by atoms with Crippen LogP contribution in [0, 0.1) is 6.92 Å². The second kappa shape index (κ2) is 5.75. The summed E-state index contributed by atoms with van der Waals surface area (Å²) in [7, 11) is 0. The summed E-state index contributed by atoms with van der Waals surface area (Å²) in [6.45, 7) is 5.83. The highest BCUT2D eigenvalue weighted by molar-refractivity contribution is 7.99. The van der Waals surface area contributed by atoms with E-state index in [1.807, 2.05) is 20.8 Å². The number of nitrogens with one attached hydrogen (secondary N) is 1. The molecule has 0 aliphatic carbocycles. The van der Waals surface area contributed by atoms with Gasteiger partial charge in [0.2, 0.25) is 11.1 Å². The maximum atomic E-state index is 11.4. The molecule has 0 saturated carbocycles. The van der Waals surface area contributed by atoms with Gasteiger partial charge in [-0.3, -0.25) is 10.2 Å². The van der Waals surface area contributed by atoms with Crippen LogP contribution in [-0.2, 0) is 4.79 Å². The Morgan fingerprint density at radius 2 is 2.20 bits per heavy atom. The zero-order chi connectivity index (χ0) is 11.3. The molecule has 0 aliphatic rings. The normalized spacial score (nSPS) is 10.3. The van der Waals surface area contributed by atoms with Crippen LogP contribution in [0.4, 0.5) is 0 Å². The Morgan fingerprint density at radius 3 is 2.80 bits per heavy atom. The molecule has 0 unspecified atom stereocenters. The van der Waals surface area contributed by atoms with Crippen LogP contribution in [0.25, 0.3) is 0 Å². The Bertz CT molecular complexity index is 337. The summed E-state index contributed by atoms with van der Waals surface area (Å²) in [4.78, 5) is 11.4. The SMILES string of the molecule is CCCC(=O)Nn1c(C)nnc1SCC. The van der Waals surface area contributed by atoms with Crippen molar-refractivity contribution in [1.82, 2.24) is 14.9 Å². The molecule has 0 spiro atoms. The van der Waals surface area contributed by atoms with Crippen molar-refractivity contribution in [2.75, 3.05) is 11.2 Å². The summed E-state index contributed by atoms with van der Waals surface area (Å²) in [6, 6.07) is 0. The summed E-state index contributed by atoms with van der Waals surface area (Å²) < 4.78 is 1.64. The van der Waals surface area contributed by atoms with Crippen molar-refractivity contribution >= 4 is 17.7 Å². The molecular formula is C9H16N4OS. The van der Waals surface area contributed by atoms with Crippen molar-refractivity contribution in [2.24, 2.45) is 0 Å². The van der Waals surface area contributed by atoms with Gasteiger partial charge >= 0.3 is 0 Å². The molecule has 1 amide bonds. The van der Waals surface area contributed by atoms with E-state index in [0.717, 1.165) is 17.3 Å². The number of nitrogens with zero attached hydrogens (tertiary/aromatic N) is 3. The van der Waals surface area contributed by atoms with E-state index in [-0.39, 0.29) is 5.91 Å². The maximum absolute atomic E-state index is 11.4. The molecule has 15 heavy (non-hydrogen) atoms. The van der Waals surface area contributed by atoms with Crippen molar-refractivity contribution in [3.8, 4) is 0 Å². The largest absolute Gasteiger partial charge is 0.273 e. The lowest BCUT2D eigenvalue weighted by atomic mass is 10.3. The van der Waals surface area contributed by atoms with Crippen molar-refractivity contribution in [2.45, 2.75) is 38.8 Å². The van der Waals surface area contributed by atoms with Crippen molar-refractivity contribution in [3.63, 3.8) is 0 Å². The molecule has 1 rings (SSSR count). The summed E-state index contributed by atoms with van der Waals surface area (Å²) in [5.41, 5.74) is 2.78. The summed E-state index contributed by atoms with van der Waals surface area (Å²) >= 11 is 1.56. The molecule has 0 saturated heterocycles. The van der Waals surface area contributed by atoms with Crippen molar-refractivity contribution in [3.05, 3.63) is 5.82 Å². The molecule has 6 heteroatoms. The maximum Gasteiger partial charge on any atom is 0.238 e. The predicted octanol–water partition coefficient (Wildman–Crippen LogP) is 1.57. The van der Waals surface area contributed by atoms with E-state index in [2.05, 4.69) is 15.6 Å². The Labute approximate surface area is 93.6 Å². The van der Waals surface area contributed by atoms with Gasteiger partial charge in [-0.05, 0) is 19.1 Å². The third-order valence-electron chi connectivity index (χ3n) is 1.78. The van der Waals surface area contributed by atoms with Crippen molar-refractivity contribution < 1.29 is 4.79 Å². The van der Waals surface area contributed by atoms with E-state index >= 15 is 0 Å². The fraction of sp³-hybridized carbons (Fsp3) is 0.667. The highest BCUT2D eigenvalue weighted by atomic mass is 32.2. The van der Waals surface area contributed by atoms with Gasteiger partial charge in [-0.25, -0.2) is 4.68 Å². The lowest BCUT2D eigenvalue weighted by Gasteiger charge is -2.08. The van der Waals surface area contributed by atoms with Crippen LogP contribution in [0.3, 0.4) is 0 Å². The van der Waals surface area contributed by atoms with Gasteiger partial charge in [0.05, 0.1) is 0 Å². The first-order valence-electron chi connectivity index (χ1n) is 5.03. The molecule has 0 aliphatic heterocycles. The molecule has 1 heterocycles. The molecule has 0 radical (unpaired) electrons. The third kappa shape index (κ3) is 3.23. The number of carbonyl (C=O) groups is 1. The van der Waals surface area contributed by atoms with Crippen LogP contribution in [-0.4, -0.2) is 26.5 Å². The number of rotatable bonds is 5. The fourth-order valence-corrected chi connectivity index (χ4v) is 1.77. The Kier molecular flexibility index (Phi) is 4.61. The smallest absolute Gasteiger partial charge is 0.238 e. The Balaban J connectivity index is 2.73. The number of hydrogen-bond acceptors (Lipinski definition) is 4. The molecule has 84 valence electrons. The second-order valence-corrected chi connectivity index (χ2v) is 4.31. The van der Waals surface area contributed by atoms with Gasteiger partial charge in [-0.1, -0.05) is 25.6 Å². The van der Waals surface area contributed by atoms with Crippen LogP contribution >= 0.6 is 11.8 Å². The summed E-state index contributed by atoms with van der Waals surface area (Å²) in [5, 5.41) is 8.64. The van der Waals surface area contributed by atoms with Crippen LogP contribution in [0.1, 0.15) is 32.5 Å². The van der Waals surface area contributed by atoms with Crippen molar-refractivity contribution in [1.29, 1.82) is 0 Å². The summed E-state index contributed by atoms with van der Waals surface area (Å²) in [5.74, 6) is 1.61. The first kappa shape index (κ1) is 12.0. The van der Waals surface area contributed by atoms with E-state index in [4.69, 9.17) is 0 Å². The summed E-state index contributed by atoms with van der Waals surface area (Å²) in [6.07, 6.45) is 1.36. The van der Waals surface area contributed by atoms with Crippen LogP contribution in [0.2, 0.25) is 0 Å². The number of amides is 1. The molecule has 1 N–H and O–H groups in total. The Hall–Kier alpha value is -1.04. The van der Waals surface area contributed by atoms with Gasteiger partial charge < -0.3 is 0 Å². The number of aryl methyl sites for hydroxylation is 1.